The molecule has 1 heteroatoms. The van der Waals surface area contributed by atoms with E-state index in [2.05, 4.69) is 158 Å². The lowest BCUT2D eigenvalue weighted by Gasteiger charge is -2.33. The van der Waals surface area contributed by atoms with Crippen molar-refractivity contribution in [2.24, 2.45) is 0 Å². The Morgan fingerprint density at radius 3 is 1.61 bits per heavy atom. The predicted molar refractivity (Wildman–Crippen MR) is 189 cm³/mol. The van der Waals surface area contributed by atoms with E-state index in [4.69, 9.17) is 4.74 Å². The first kappa shape index (κ1) is 24.4. The third kappa shape index (κ3) is 2.87. The van der Waals surface area contributed by atoms with Gasteiger partial charge < -0.3 is 4.74 Å². The van der Waals surface area contributed by atoms with Gasteiger partial charge >= 0.3 is 0 Å². The molecule has 0 aromatic heterocycles. The van der Waals surface area contributed by atoms with Gasteiger partial charge in [-0.15, -0.1) is 0 Å². The van der Waals surface area contributed by atoms with Crippen LogP contribution in [0.5, 0.6) is 11.5 Å². The molecule has 2 aliphatic carbocycles. The van der Waals surface area contributed by atoms with Crippen molar-refractivity contribution in [3.8, 4) is 56.0 Å². The van der Waals surface area contributed by atoms with E-state index >= 15 is 0 Å². The topological polar surface area (TPSA) is 9.23 Å². The molecule has 212 valence electrons. The summed E-state index contributed by atoms with van der Waals surface area (Å²) >= 11 is 0. The molecule has 0 saturated heterocycles. The summed E-state index contributed by atoms with van der Waals surface area (Å²) in [5.41, 5.74) is 14.9. The summed E-state index contributed by atoms with van der Waals surface area (Å²) in [6.07, 6.45) is 0. The van der Waals surface area contributed by atoms with Crippen LogP contribution in [-0.4, -0.2) is 0 Å². The molecule has 1 aliphatic heterocycles. The number of hydrogen-bond acceptors (Lipinski definition) is 1. The second-order valence-corrected chi connectivity index (χ2v) is 12.8. The van der Waals surface area contributed by atoms with Crippen LogP contribution in [0.4, 0.5) is 0 Å². The predicted octanol–water partition coefficient (Wildman–Crippen LogP) is 11.8. The molecule has 1 nitrogen and oxygen atoms in total. The third-order valence-corrected chi connectivity index (χ3v) is 10.6. The lowest BCUT2D eigenvalue weighted by Crippen LogP contribution is -2.26. The molecule has 0 radical (unpaired) electrons. The average molecular weight is 583 g/mol. The number of benzene rings is 8. The van der Waals surface area contributed by atoms with Crippen LogP contribution in [0.3, 0.4) is 0 Å². The van der Waals surface area contributed by atoms with Gasteiger partial charge in [0, 0.05) is 16.5 Å². The Hall–Kier alpha value is -5.92. The molecule has 8 aromatic carbocycles. The SMILES string of the molecule is c1ccc2c(c1)-c1cc3ccccc3cc1C21c2ccccc2-c2cccc(-c3cccc4c3Oc3cccc5cccc-4c35)c21. The zero-order valence-electron chi connectivity index (χ0n) is 24.9. The van der Waals surface area contributed by atoms with Crippen LogP contribution in [0, 0.1) is 0 Å². The van der Waals surface area contributed by atoms with Crippen LogP contribution in [0.25, 0.3) is 66.1 Å². The summed E-state index contributed by atoms with van der Waals surface area (Å²) in [7, 11) is 0. The van der Waals surface area contributed by atoms with Gasteiger partial charge in [0.1, 0.15) is 11.5 Å². The first-order chi connectivity index (χ1) is 22.8. The van der Waals surface area contributed by atoms with E-state index < -0.39 is 5.41 Å². The van der Waals surface area contributed by atoms with Gasteiger partial charge in [-0.25, -0.2) is 0 Å². The lowest BCUT2D eigenvalue weighted by molar-refractivity contribution is 0.488. The molecule has 8 aromatic rings. The normalized spacial score (nSPS) is 16.1. The van der Waals surface area contributed by atoms with Crippen LogP contribution in [-0.2, 0) is 5.41 Å². The zero-order valence-corrected chi connectivity index (χ0v) is 24.9. The second-order valence-electron chi connectivity index (χ2n) is 12.8. The van der Waals surface area contributed by atoms with Crippen molar-refractivity contribution in [3.05, 3.63) is 180 Å². The molecule has 1 atom stereocenters. The van der Waals surface area contributed by atoms with E-state index in [0.717, 1.165) is 22.6 Å². The molecular weight excluding hydrogens is 556 g/mol. The van der Waals surface area contributed by atoms with Gasteiger partial charge in [0.2, 0.25) is 0 Å². The highest BCUT2D eigenvalue weighted by Gasteiger charge is 2.53. The van der Waals surface area contributed by atoms with Gasteiger partial charge in [-0.2, -0.15) is 0 Å². The molecule has 3 aliphatic rings. The Labute approximate surface area is 267 Å². The monoisotopic (exact) mass is 582 g/mol. The average Bonchev–Trinajstić information content (AvgIpc) is 3.58. The number of hydrogen-bond donors (Lipinski definition) is 0. The summed E-state index contributed by atoms with van der Waals surface area (Å²) in [6, 6.07) is 58.2. The van der Waals surface area contributed by atoms with Gasteiger partial charge in [-0.05, 0) is 90.0 Å². The molecular formula is C45H26O. The van der Waals surface area contributed by atoms with Crippen LogP contribution in [0.1, 0.15) is 22.3 Å². The molecule has 11 rings (SSSR count). The lowest BCUT2D eigenvalue weighted by atomic mass is 9.68. The van der Waals surface area contributed by atoms with Crippen molar-refractivity contribution < 1.29 is 4.74 Å². The van der Waals surface area contributed by atoms with E-state index in [1.807, 2.05) is 0 Å². The standard InChI is InChI=1S/C45H26O/c1-2-12-29-26-40-37(25-28(29)11-1)31-16-4-6-23-39(31)45(40)38-22-5-3-15-30(38)33-18-9-19-34(43(33)45)36-21-10-20-35-32-17-7-13-27-14-8-24-41(42(27)32)46-44(35)36/h1-26H. The van der Waals surface area contributed by atoms with Crippen LogP contribution in [0.2, 0.25) is 0 Å². The maximum absolute atomic E-state index is 6.92. The number of ether oxygens (including phenoxy) is 1. The minimum atomic E-state index is -0.464. The van der Waals surface area contributed by atoms with Crippen molar-refractivity contribution in [2.75, 3.05) is 0 Å². The van der Waals surface area contributed by atoms with Crippen molar-refractivity contribution in [3.63, 3.8) is 0 Å². The molecule has 46 heavy (non-hydrogen) atoms. The van der Waals surface area contributed by atoms with E-state index in [-0.39, 0.29) is 0 Å². The summed E-state index contributed by atoms with van der Waals surface area (Å²) in [6.45, 7) is 0. The van der Waals surface area contributed by atoms with Crippen LogP contribution >= 0.6 is 0 Å². The van der Waals surface area contributed by atoms with Gasteiger partial charge in [0.15, 0.2) is 0 Å². The minimum Gasteiger partial charge on any atom is -0.455 e. The van der Waals surface area contributed by atoms with E-state index in [9.17, 15) is 0 Å². The molecule has 1 heterocycles. The highest BCUT2D eigenvalue weighted by molar-refractivity contribution is 6.07. The van der Waals surface area contributed by atoms with E-state index in [1.165, 1.54) is 77.2 Å². The quantitative estimate of drug-likeness (QED) is 0.187. The zero-order chi connectivity index (χ0) is 30.0. The fourth-order valence-corrected chi connectivity index (χ4v) is 8.91. The van der Waals surface area contributed by atoms with Gasteiger partial charge in [0.25, 0.3) is 0 Å². The Morgan fingerprint density at radius 1 is 0.348 bits per heavy atom. The summed E-state index contributed by atoms with van der Waals surface area (Å²) in [5.74, 6) is 1.85. The van der Waals surface area contributed by atoms with Crippen LogP contribution in [0.15, 0.2) is 158 Å². The molecule has 0 saturated carbocycles. The maximum atomic E-state index is 6.92. The van der Waals surface area contributed by atoms with Gasteiger partial charge in [-0.1, -0.05) is 140 Å². The van der Waals surface area contributed by atoms with E-state index in [1.54, 1.807) is 0 Å². The Balaban J connectivity index is 1.28. The maximum Gasteiger partial charge on any atom is 0.143 e. The number of para-hydroxylation sites is 1. The molecule has 1 unspecified atom stereocenters. The van der Waals surface area contributed by atoms with Crippen molar-refractivity contribution in [1.29, 1.82) is 0 Å². The first-order valence-electron chi connectivity index (χ1n) is 16.0. The Kier molecular flexibility index (Phi) is 4.57. The first-order valence-corrected chi connectivity index (χ1v) is 16.0. The summed E-state index contributed by atoms with van der Waals surface area (Å²) < 4.78 is 6.92. The molecule has 0 amide bonds. The highest BCUT2D eigenvalue weighted by Crippen LogP contribution is 2.65. The molecule has 0 fully saturated rings. The Bertz CT molecular complexity index is 2620. The fraction of sp³-hybridized carbons (Fsp3) is 0.0222. The summed E-state index contributed by atoms with van der Waals surface area (Å²) in [5, 5.41) is 4.92. The summed E-state index contributed by atoms with van der Waals surface area (Å²) in [4.78, 5) is 0. The van der Waals surface area contributed by atoms with Crippen LogP contribution < -0.4 is 4.74 Å². The van der Waals surface area contributed by atoms with Gasteiger partial charge in [-0.3, -0.25) is 0 Å². The highest BCUT2D eigenvalue weighted by atomic mass is 16.5. The smallest absolute Gasteiger partial charge is 0.143 e. The third-order valence-electron chi connectivity index (χ3n) is 10.6. The fourth-order valence-electron chi connectivity index (χ4n) is 8.91. The van der Waals surface area contributed by atoms with Crippen molar-refractivity contribution >= 4 is 21.5 Å². The molecule has 1 spiro atoms. The number of fused-ring (bicyclic) bond motifs is 13. The minimum absolute atomic E-state index is 0.464. The largest absolute Gasteiger partial charge is 0.455 e. The molecule has 0 N–H and O–H groups in total. The van der Waals surface area contributed by atoms with E-state index in [0.29, 0.717) is 0 Å². The second kappa shape index (κ2) is 8.62. The van der Waals surface area contributed by atoms with Gasteiger partial charge in [0.05, 0.1) is 5.41 Å². The van der Waals surface area contributed by atoms with Crippen molar-refractivity contribution in [1.82, 2.24) is 0 Å². The van der Waals surface area contributed by atoms with Crippen molar-refractivity contribution in [2.45, 2.75) is 5.41 Å². The number of rotatable bonds is 1. The Morgan fingerprint density at radius 2 is 0.848 bits per heavy atom. The molecule has 0 bridgehead atoms.